The average molecular weight is 284 g/mol. The number of benzene rings is 1. The molecule has 110 valence electrons. The van der Waals surface area contributed by atoms with Crippen molar-refractivity contribution >= 4 is 11.7 Å². The van der Waals surface area contributed by atoms with Crippen LogP contribution in [0.2, 0.25) is 0 Å². The van der Waals surface area contributed by atoms with Gasteiger partial charge in [-0.05, 0) is 24.0 Å². The Morgan fingerprint density at radius 2 is 1.76 bits per heavy atom. The van der Waals surface area contributed by atoms with Crippen molar-refractivity contribution in [1.82, 2.24) is 4.98 Å². The van der Waals surface area contributed by atoms with Gasteiger partial charge in [-0.1, -0.05) is 45.0 Å². The molecule has 0 amide bonds. The molecule has 0 fully saturated rings. The fourth-order valence-corrected chi connectivity index (χ4v) is 2.20. The number of rotatable bonds is 2. The minimum Gasteiger partial charge on any atom is -0.478 e. The van der Waals surface area contributed by atoms with Crippen LogP contribution in [0.3, 0.4) is 0 Å². The zero-order chi connectivity index (χ0) is 15.8. The highest BCUT2D eigenvalue weighted by Gasteiger charge is 2.16. The van der Waals surface area contributed by atoms with Gasteiger partial charge in [0.25, 0.3) is 0 Å². The number of aryl methyl sites for hydroxylation is 1. The molecule has 2 rings (SSSR count). The smallest absolute Gasteiger partial charge is 0.337 e. The van der Waals surface area contributed by atoms with E-state index in [9.17, 15) is 4.79 Å². The number of anilines is 1. The lowest BCUT2D eigenvalue weighted by Crippen LogP contribution is -2.10. The first-order valence-corrected chi connectivity index (χ1v) is 6.81. The van der Waals surface area contributed by atoms with E-state index < -0.39 is 5.97 Å². The molecular formula is C17H20N2O2. The fraction of sp³-hybridized carbons (Fsp3) is 0.294. The van der Waals surface area contributed by atoms with E-state index in [4.69, 9.17) is 10.8 Å². The van der Waals surface area contributed by atoms with Gasteiger partial charge in [0.2, 0.25) is 0 Å². The van der Waals surface area contributed by atoms with Gasteiger partial charge in [-0.15, -0.1) is 0 Å². The minimum absolute atomic E-state index is 0.0839. The van der Waals surface area contributed by atoms with Crippen molar-refractivity contribution in [3.8, 4) is 11.3 Å². The van der Waals surface area contributed by atoms with Gasteiger partial charge in [0.05, 0.1) is 22.6 Å². The first-order valence-electron chi connectivity index (χ1n) is 6.81. The highest BCUT2D eigenvalue weighted by Crippen LogP contribution is 2.29. The highest BCUT2D eigenvalue weighted by molar-refractivity contribution is 5.91. The van der Waals surface area contributed by atoms with E-state index in [0.717, 1.165) is 5.56 Å². The number of aromatic nitrogens is 1. The minimum atomic E-state index is -1.01. The molecule has 3 N–H and O–H groups in total. The Hall–Kier alpha value is -2.36. The summed E-state index contributed by atoms with van der Waals surface area (Å²) in [6, 6.07) is 9.52. The topological polar surface area (TPSA) is 76.2 Å². The number of carboxylic acid groups (broad SMARTS) is 1. The number of nitrogens with two attached hydrogens (primary N) is 1. The zero-order valence-electron chi connectivity index (χ0n) is 12.8. The summed E-state index contributed by atoms with van der Waals surface area (Å²) in [7, 11) is 0. The molecule has 1 heterocycles. The van der Waals surface area contributed by atoms with E-state index in [0.29, 0.717) is 17.1 Å². The van der Waals surface area contributed by atoms with Crippen LogP contribution in [0.25, 0.3) is 11.3 Å². The number of carbonyl (C=O) groups is 1. The molecule has 0 unspecified atom stereocenters. The summed E-state index contributed by atoms with van der Waals surface area (Å²) < 4.78 is 0. The molecule has 1 aromatic carbocycles. The monoisotopic (exact) mass is 284 g/mol. The van der Waals surface area contributed by atoms with Gasteiger partial charge in [0.1, 0.15) is 0 Å². The summed E-state index contributed by atoms with van der Waals surface area (Å²) in [4.78, 5) is 15.4. The summed E-state index contributed by atoms with van der Waals surface area (Å²) in [5.41, 5.74) is 9.76. The molecule has 0 spiro atoms. The second-order valence-electron chi connectivity index (χ2n) is 6.19. The normalized spacial score (nSPS) is 11.4. The van der Waals surface area contributed by atoms with Gasteiger partial charge in [0.15, 0.2) is 0 Å². The van der Waals surface area contributed by atoms with Gasteiger partial charge >= 0.3 is 5.97 Å². The second-order valence-corrected chi connectivity index (χ2v) is 6.19. The number of nitrogen functional groups attached to an aromatic ring is 1. The lowest BCUT2D eigenvalue weighted by molar-refractivity contribution is 0.0695. The van der Waals surface area contributed by atoms with Crippen LogP contribution in [0, 0.1) is 6.92 Å². The summed E-state index contributed by atoms with van der Waals surface area (Å²) >= 11 is 0. The van der Waals surface area contributed by atoms with E-state index >= 15 is 0 Å². The molecule has 0 aliphatic rings. The Morgan fingerprint density at radius 1 is 1.19 bits per heavy atom. The lowest BCUT2D eigenvalue weighted by atomic mass is 9.86. The molecule has 4 heteroatoms. The molecule has 0 radical (unpaired) electrons. The van der Waals surface area contributed by atoms with Gasteiger partial charge in [-0.2, -0.15) is 0 Å². The Labute approximate surface area is 124 Å². The molecule has 0 saturated carbocycles. The van der Waals surface area contributed by atoms with Crippen LogP contribution in [0.5, 0.6) is 0 Å². The third-order valence-electron chi connectivity index (χ3n) is 3.50. The van der Waals surface area contributed by atoms with Crippen LogP contribution in [-0.2, 0) is 5.41 Å². The molecule has 0 bridgehead atoms. The number of carboxylic acids is 1. The molecule has 1 aromatic heterocycles. The van der Waals surface area contributed by atoms with Gasteiger partial charge in [-0.3, -0.25) is 4.98 Å². The maximum atomic E-state index is 11.1. The van der Waals surface area contributed by atoms with Crippen LogP contribution < -0.4 is 5.73 Å². The van der Waals surface area contributed by atoms with E-state index in [2.05, 4.69) is 37.9 Å². The number of hydrogen-bond acceptors (Lipinski definition) is 3. The van der Waals surface area contributed by atoms with E-state index in [1.165, 1.54) is 11.6 Å². The number of nitrogens with zero attached hydrogens (tertiary/aromatic N) is 1. The maximum Gasteiger partial charge on any atom is 0.337 e. The first kappa shape index (κ1) is 15.0. The van der Waals surface area contributed by atoms with Crippen molar-refractivity contribution in [2.24, 2.45) is 0 Å². The molecule has 21 heavy (non-hydrogen) atoms. The maximum absolute atomic E-state index is 11.1. The van der Waals surface area contributed by atoms with E-state index in [-0.39, 0.29) is 11.0 Å². The molecule has 0 aliphatic heterocycles. The molecule has 0 saturated heterocycles. The summed E-state index contributed by atoms with van der Waals surface area (Å²) in [6.45, 7) is 8.14. The largest absolute Gasteiger partial charge is 0.478 e. The van der Waals surface area contributed by atoms with Crippen LogP contribution >= 0.6 is 0 Å². The van der Waals surface area contributed by atoms with Crippen LogP contribution in [0.1, 0.15) is 42.4 Å². The number of pyridine rings is 1. The van der Waals surface area contributed by atoms with Crippen molar-refractivity contribution in [2.45, 2.75) is 33.1 Å². The van der Waals surface area contributed by atoms with Gasteiger partial charge in [0, 0.05) is 5.56 Å². The number of aromatic carboxylic acids is 1. The average Bonchev–Trinajstić information content (AvgIpc) is 2.40. The highest BCUT2D eigenvalue weighted by atomic mass is 16.4. The van der Waals surface area contributed by atoms with Crippen LogP contribution in [0.15, 0.2) is 30.3 Å². The van der Waals surface area contributed by atoms with Crippen molar-refractivity contribution in [1.29, 1.82) is 0 Å². The van der Waals surface area contributed by atoms with Gasteiger partial charge in [-0.25, -0.2) is 4.79 Å². The second kappa shape index (κ2) is 5.20. The Morgan fingerprint density at radius 3 is 2.24 bits per heavy atom. The molecule has 4 nitrogen and oxygen atoms in total. The zero-order valence-corrected chi connectivity index (χ0v) is 12.8. The third kappa shape index (κ3) is 3.05. The molecule has 0 aliphatic carbocycles. The SMILES string of the molecule is Cc1nc(-c2ccc(C(C)(C)C)cc2)c(N)cc1C(=O)O. The molecular weight excluding hydrogens is 264 g/mol. The fourth-order valence-electron chi connectivity index (χ4n) is 2.20. The Kier molecular flexibility index (Phi) is 3.73. The van der Waals surface area contributed by atoms with Crippen molar-refractivity contribution < 1.29 is 9.90 Å². The predicted molar refractivity (Wildman–Crippen MR) is 84.5 cm³/mol. The predicted octanol–water partition coefficient (Wildman–Crippen LogP) is 3.63. The summed E-state index contributed by atoms with van der Waals surface area (Å²) in [5, 5.41) is 9.08. The van der Waals surface area contributed by atoms with Crippen LogP contribution in [-0.4, -0.2) is 16.1 Å². The van der Waals surface area contributed by atoms with Crippen LogP contribution in [0.4, 0.5) is 5.69 Å². The first-order chi connectivity index (χ1) is 9.70. The van der Waals surface area contributed by atoms with E-state index in [1.54, 1.807) is 6.92 Å². The number of hydrogen-bond donors (Lipinski definition) is 2. The van der Waals surface area contributed by atoms with Crippen molar-refractivity contribution in [3.05, 3.63) is 47.2 Å². The van der Waals surface area contributed by atoms with Crippen molar-refractivity contribution in [3.63, 3.8) is 0 Å². The summed E-state index contributed by atoms with van der Waals surface area (Å²) in [5.74, 6) is -1.01. The standard InChI is InChI=1S/C17H20N2O2/c1-10-13(16(20)21)9-14(18)15(19-10)11-5-7-12(8-6-11)17(2,3)4/h5-9H,18H2,1-4H3,(H,20,21). The Bertz CT molecular complexity index is 683. The third-order valence-corrected chi connectivity index (χ3v) is 3.50. The van der Waals surface area contributed by atoms with Gasteiger partial charge < -0.3 is 10.8 Å². The lowest BCUT2D eigenvalue weighted by Gasteiger charge is -2.19. The molecule has 0 atom stereocenters. The molecule has 2 aromatic rings. The summed E-state index contributed by atoms with van der Waals surface area (Å²) in [6.07, 6.45) is 0. The quantitative estimate of drug-likeness (QED) is 0.882. The Balaban J connectivity index is 2.48. The van der Waals surface area contributed by atoms with E-state index in [1.807, 2.05) is 12.1 Å². The van der Waals surface area contributed by atoms with Crippen molar-refractivity contribution in [2.75, 3.05) is 5.73 Å².